The second-order valence-corrected chi connectivity index (χ2v) is 11.7. The highest BCUT2D eigenvalue weighted by Crippen LogP contribution is 2.39. The van der Waals surface area contributed by atoms with Gasteiger partial charge in [-0.3, -0.25) is 0 Å². The molecule has 1 aliphatic rings. The van der Waals surface area contributed by atoms with E-state index in [9.17, 15) is 4.57 Å². The number of nitrogens with zero attached hydrogens (tertiary/aromatic N) is 4. The zero-order valence-electron chi connectivity index (χ0n) is 18.5. The summed E-state index contributed by atoms with van der Waals surface area (Å²) in [6, 6.07) is 11.5. The monoisotopic (exact) mass is 472 g/mol. The molecule has 0 spiro atoms. The van der Waals surface area contributed by atoms with Crippen LogP contribution in [0.1, 0.15) is 11.1 Å². The lowest BCUT2D eigenvalue weighted by molar-refractivity contribution is 0.312. The quantitative estimate of drug-likeness (QED) is 0.514. The molecule has 0 fully saturated rings. The first-order valence-electron chi connectivity index (χ1n) is 10.2. The smallest absolute Gasteiger partial charge is 0.249 e. The molecule has 0 bridgehead atoms. The minimum absolute atomic E-state index is 0.117. The van der Waals surface area contributed by atoms with Crippen molar-refractivity contribution in [3.05, 3.63) is 52.7 Å². The maximum Gasteiger partial charge on any atom is 0.249 e. The zero-order valence-corrected chi connectivity index (χ0v) is 20.2. The number of hydrogen-bond donors (Lipinski definition) is 2. The molecule has 2 aromatic carbocycles. The number of ether oxygens (including phenoxy) is 1. The summed E-state index contributed by atoms with van der Waals surface area (Å²) in [5, 5.41) is 15.3. The van der Waals surface area contributed by atoms with Crippen LogP contribution >= 0.6 is 18.7 Å². The van der Waals surface area contributed by atoms with Gasteiger partial charge in [0.25, 0.3) is 0 Å². The third kappa shape index (κ3) is 4.88. The van der Waals surface area contributed by atoms with Crippen molar-refractivity contribution in [2.24, 2.45) is 0 Å². The number of anilines is 4. The summed E-state index contributed by atoms with van der Waals surface area (Å²) < 4.78 is 18.3. The van der Waals surface area contributed by atoms with Gasteiger partial charge in [0.15, 0.2) is 11.0 Å². The Morgan fingerprint density at radius 2 is 1.88 bits per heavy atom. The molecule has 0 aliphatic carbocycles. The Kier molecular flexibility index (Phi) is 6.38. The van der Waals surface area contributed by atoms with Crippen LogP contribution in [0, 0.1) is 0 Å². The summed E-state index contributed by atoms with van der Waals surface area (Å²) in [7, 11) is 1.24. The number of halogens is 1. The molecule has 0 saturated carbocycles. The lowest BCUT2D eigenvalue weighted by atomic mass is 9.99. The van der Waals surface area contributed by atoms with E-state index in [0.29, 0.717) is 22.6 Å². The number of likely N-dealkylation sites (N-methyl/N-ethyl adjacent to an activating group) is 1. The minimum Gasteiger partial charge on any atom is -0.495 e. The molecular formula is C22H26ClN6O2P. The van der Waals surface area contributed by atoms with Gasteiger partial charge in [-0.05, 0) is 62.2 Å². The molecule has 2 heterocycles. The van der Waals surface area contributed by atoms with E-state index in [2.05, 4.69) is 49.9 Å². The Morgan fingerprint density at radius 1 is 1.09 bits per heavy atom. The largest absolute Gasteiger partial charge is 0.495 e. The van der Waals surface area contributed by atoms with Crippen molar-refractivity contribution < 1.29 is 9.30 Å². The third-order valence-electron chi connectivity index (χ3n) is 5.35. The maximum absolute atomic E-state index is 12.7. The number of fused-ring (bicyclic) bond motifs is 1. The number of methoxy groups -OCH3 is 1. The van der Waals surface area contributed by atoms with Crippen LogP contribution in [-0.4, -0.2) is 54.1 Å². The van der Waals surface area contributed by atoms with Crippen LogP contribution < -0.4 is 20.7 Å². The number of aromatic nitrogens is 3. The topological polar surface area (TPSA) is 92.3 Å². The second-order valence-electron chi connectivity index (χ2n) is 8.20. The fraction of sp³-hybridized carbons (Fsp3) is 0.318. The van der Waals surface area contributed by atoms with Crippen LogP contribution in [0.15, 0.2) is 36.4 Å². The molecule has 0 radical (unpaired) electrons. The molecule has 1 aromatic heterocycles. The summed E-state index contributed by atoms with van der Waals surface area (Å²) in [4.78, 5) is 6.78. The lowest BCUT2D eigenvalue weighted by Gasteiger charge is -2.26. The highest BCUT2D eigenvalue weighted by Gasteiger charge is 2.19. The third-order valence-corrected chi connectivity index (χ3v) is 7.16. The minimum atomic E-state index is -2.51. The number of para-hydroxylation sites is 1. The van der Waals surface area contributed by atoms with Crippen molar-refractivity contribution in [1.82, 2.24) is 20.1 Å². The average Bonchev–Trinajstić information content (AvgIpc) is 2.75. The van der Waals surface area contributed by atoms with Crippen molar-refractivity contribution in [2.75, 3.05) is 44.7 Å². The highest BCUT2D eigenvalue weighted by atomic mass is 35.5. The summed E-state index contributed by atoms with van der Waals surface area (Å²) in [6.07, 6.45) is 0.980. The molecule has 10 heteroatoms. The summed E-state index contributed by atoms with van der Waals surface area (Å²) in [5.41, 5.74) is 3.94. The van der Waals surface area contributed by atoms with E-state index in [4.69, 9.17) is 16.3 Å². The van der Waals surface area contributed by atoms with Crippen LogP contribution in [0.5, 0.6) is 5.75 Å². The van der Waals surface area contributed by atoms with Gasteiger partial charge in [-0.15, -0.1) is 10.2 Å². The lowest BCUT2D eigenvalue weighted by Crippen LogP contribution is -2.26. The maximum atomic E-state index is 12.7. The van der Waals surface area contributed by atoms with E-state index >= 15 is 0 Å². The summed E-state index contributed by atoms with van der Waals surface area (Å²) in [5.74, 6) is 1.30. The van der Waals surface area contributed by atoms with Crippen molar-refractivity contribution in [2.45, 2.75) is 13.0 Å². The predicted molar refractivity (Wildman–Crippen MR) is 130 cm³/mol. The Labute approximate surface area is 192 Å². The van der Waals surface area contributed by atoms with Gasteiger partial charge in [0.05, 0.1) is 18.5 Å². The number of benzene rings is 2. The summed E-state index contributed by atoms with van der Waals surface area (Å²) in [6.45, 7) is 5.33. The van der Waals surface area contributed by atoms with Gasteiger partial charge in [0.1, 0.15) is 12.9 Å². The van der Waals surface area contributed by atoms with E-state index < -0.39 is 7.14 Å². The standard InChI is InChI=1S/C22H26ClN6O2P/c1-29-10-9-14-12-18(31-2)17(11-15(14)13-29)25-22-26-21(20(23)27-28-22)24-16-7-5-6-8-19(16)32(3,4)30/h5-8,11-12H,9-10,13H2,1-4H3,(H2,24,25,26,28). The van der Waals surface area contributed by atoms with Gasteiger partial charge < -0.3 is 24.8 Å². The van der Waals surface area contributed by atoms with Crippen LogP contribution in [0.3, 0.4) is 0 Å². The Balaban J connectivity index is 1.65. The van der Waals surface area contributed by atoms with Crippen LogP contribution in [0.4, 0.5) is 23.1 Å². The Bertz CT molecular complexity index is 1200. The highest BCUT2D eigenvalue weighted by molar-refractivity contribution is 7.70. The van der Waals surface area contributed by atoms with Crippen LogP contribution in [-0.2, 0) is 17.5 Å². The van der Waals surface area contributed by atoms with Gasteiger partial charge in [-0.1, -0.05) is 23.7 Å². The molecule has 0 saturated heterocycles. The van der Waals surface area contributed by atoms with Gasteiger partial charge in [-0.2, -0.15) is 4.98 Å². The van der Waals surface area contributed by atoms with Gasteiger partial charge in [-0.25, -0.2) is 0 Å². The number of hydrogen-bond acceptors (Lipinski definition) is 8. The van der Waals surface area contributed by atoms with Crippen molar-refractivity contribution >= 4 is 47.2 Å². The molecule has 4 rings (SSSR count). The fourth-order valence-electron chi connectivity index (χ4n) is 3.74. The van der Waals surface area contributed by atoms with E-state index in [1.54, 1.807) is 20.4 Å². The SMILES string of the molecule is COc1cc2c(cc1Nc1nnc(Cl)c(Nc3ccccc3P(C)(C)=O)n1)CN(C)CC2. The first-order valence-corrected chi connectivity index (χ1v) is 13.2. The van der Waals surface area contributed by atoms with Crippen LogP contribution in [0.25, 0.3) is 0 Å². The normalized spacial score (nSPS) is 14.0. The zero-order chi connectivity index (χ0) is 22.9. The van der Waals surface area contributed by atoms with E-state index in [1.807, 2.05) is 24.3 Å². The molecule has 0 atom stereocenters. The van der Waals surface area contributed by atoms with Crippen molar-refractivity contribution in [3.63, 3.8) is 0 Å². The van der Waals surface area contributed by atoms with E-state index in [1.165, 1.54) is 11.1 Å². The average molecular weight is 473 g/mol. The molecule has 2 N–H and O–H groups in total. The van der Waals surface area contributed by atoms with Gasteiger partial charge in [0.2, 0.25) is 5.95 Å². The number of nitrogens with one attached hydrogen (secondary N) is 2. The van der Waals surface area contributed by atoms with Crippen molar-refractivity contribution in [3.8, 4) is 5.75 Å². The molecule has 8 nitrogen and oxygen atoms in total. The molecule has 0 unspecified atom stereocenters. The van der Waals surface area contributed by atoms with Crippen molar-refractivity contribution in [1.29, 1.82) is 0 Å². The van der Waals surface area contributed by atoms with Gasteiger partial charge >= 0.3 is 0 Å². The number of rotatable bonds is 6. The van der Waals surface area contributed by atoms with Crippen LogP contribution in [0.2, 0.25) is 5.15 Å². The first kappa shape index (κ1) is 22.5. The Morgan fingerprint density at radius 3 is 2.62 bits per heavy atom. The molecule has 0 amide bonds. The van der Waals surface area contributed by atoms with Gasteiger partial charge in [0, 0.05) is 18.4 Å². The molecule has 168 valence electrons. The molecular weight excluding hydrogens is 447 g/mol. The predicted octanol–water partition coefficient (Wildman–Crippen LogP) is 4.26. The molecule has 1 aliphatic heterocycles. The Hall–Kier alpha value is -2.67. The fourth-order valence-corrected chi connectivity index (χ4v) is 5.02. The molecule has 32 heavy (non-hydrogen) atoms. The second kappa shape index (κ2) is 9.06. The molecule has 3 aromatic rings. The van der Waals surface area contributed by atoms with E-state index in [-0.39, 0.29) is 11.1 Å². The summed E-state index contributed by atoms with van der Waals surface area (Å²) >= 11 is 6.26. The van der Waals surface area contributed by atoms with E-state index in [0.717, 1.165) is 25.2 Å². The first-order chi connectivity index (χ1) is 15.2.